The van der Waals surface area contributed by atoms with E-state index < -0.39 is 0 Å². The lowest BCUT2D eigenvalue weighted by molar-refractivity contribution is 0.0773. The van der Waals surface area contributed by atoms with Gasteiger partial charge in [-0.05, 0) is 24.6 Å². The second kappa shape index (κ2) is 7.43. The molecule has 2 aromatic rings. The fraction of sp³-hybridized carbons (Fsp3) is 0.400. The zero-order chi connectivity index (χ0) is 17.9. The van der Waals surface area contributed by atoms with Gasteiger partial charge < -0.3 is 15.2 Å². The summed E-state index contributed by atoms with van der Waals surface area (Å²) in [6, 6.07) is 9.23. The minimum Gasteiger partial charge on any atom is -0.367 e. The van der Waals surface area contributed by atoms with E-state index in [0.717, 1.165) is 45.7 Å². The van der Waals surface area contributed by atoms with Gasteiger partial charge in [-0.25, -0.2) is 0 Å². The Morgan fingerprint density at radius 1 is 0.923 bits per heavy atom. The largest absolute Gasteiger partial charge is 0.367 e. The van der Waals surface area contributed by atoms with Gasteiger partial charge in [0.15, 0.2) is 5.78 Å². The minimum absolute atomic E-state index is 0.0369. The van der Waals surface area contributed by atoms with Crippen LogP contribution in [0.3, 0.4) is 0 Å². The molecule has 0 radical (unpaired) electrons. The third kappa shape index (κ3) is 3.43. The van der Waals surface area contributed by atoms with Crippen LogP contribution in [0.25, 0.3) is 0 Å². The molecule has 0 spiro atoms. The van der Waals surface area contributed by atoms with Gasteiger partial charge in [0.1, 0.15) is 0 Å². The summed E-state index contributed by atoms with van der Waals surface area (Å²) in [6.07, 6.45) is 4.45. The van der Waals surface area contributed by atoms with Gasteiger partial charge in [0.2, 0.25) is 0 Å². The van der Waals surface area contributed by atoms with Crippen molar-refractivity contribution in [2.24, 2.45) is 0 Å². The molecule has 4 rings (SSSR count). The van der Waals surface area contributed by atoms with Gasteiger partial charge in [0.25, 0.3) is 5.91 Å². The minimum atomic E-state index is -0.0369. The maximum atomic E-state index is 12.8. The van der Waals surface area contributed by atoms with Crippen molar-refractivity contribution in [2.45, 2.75) is 12.5 Å². The number of hydrogen-bond donors (Lipinski definition) is 2. The Balaban J connectivity index is 1.40. The summed E-state index contributed by atoms with van der Waals surface area (Å²) in [6.45, 7) is 5.77. The molecule has 6 nitrogen and oxygen atoms in total. The van der Waals surface area contributed by atoms with Gasteiger partial charge >= 0.3 is 0 Å². The van der Waals surface area contributed by atoms with Crippen LogP contribution >= 0.6 is 0 Å². The number of aromatic nitrogens is 1. The molecule has 1 unspecified atom stereocenters. The fourth-order valence-corrected chi connectivity index (χ4v) is 3.85. The number of benzene rings is 1. The summed E-state index contributed by atoms with van der Waals surface area (Å²) in [7, 11) is 0. The number of amides is 1. The number of nitrogens with zero attached hydrogens (tertiary/aromatic N) is 2. The summed E-state index contributed by atoms with van der Waals surface area (Å²) in [5, 5.41) is 3.37. The number of likely N-dealkylation sites (tertiary alicyclic amines) is 1. The molecule has 0 saturated carbocycles. The van der Waals surface area contributed by atoms with Crippen LogP contribution in [-0.2, 0) is 0 Å². The van der Waals surface area contributed by atoms with Gasteiger partial charge in [-0.15, -0.1) is 0 Å². The topological polar surface area (TPSA) is 68.4 Å². The molecular formula is C20H24N4O2. The summed E-state index contributed by atoms with van der Waals surface area (Å²) in [4.78, 5) is 32.4. The predicted octanol–water partition coefficient (Wildman–Crippen LogP) is 1.37. The third-order valence-electron chi connectivity index (χ3n) is 5.37. The number of ketones is 1. The summed E-state index contributed by atoms with van der Waals surface area (Å²) < 4.78 is 0. The van der Waals surface area contributed by atoms with Crippen LogP contribution in [0.2, 0.25) is 0 Å². The number of H-pyrrole nitrogens is 1. The van der Waals surface area contributed by atoms with E-state index in [9.17, 15) is 9.59 Å². The van der Waals surface area contributed by atoms with E-state index in [1.807, 2.05) is 4.90 Å². The standard InChI is InChI=1S/C20H24N4O2/c25-19(17-5-7-22-13-17)15-1-3-16(4-2-15)20(26)24-10-6-18(14-24)23-11-8-21-9-12-23/h1-5,7,13,18,21-22H,6,8-12,14H2. The molecule has 2 aliphatic heterocycles. The molecule has 1 amide bonds. The Kier molecular flexibility index (Phi) is 4.86. The SMILES string of the molecule is O=C(c1ccc(C(=O)N2CCC(N3CCNCC3)C2)cc1)c1cc[nH]c1. The first kappa shape index (κ1) is 17.0. The molecule has 1 aromatic carbocycles. The third-order valence-corrected chi connectivity index (χ3v) is 5.37. The molecule has 6 heteroatoms. The highest BCUT2D eigenvalue weighted by Crippen LogP contribution is 2.19. The number of rotatable bonds is 4. The molecule has 2 aliphatic rings. The quantitative estimate of drug-likeness (QED) is 0.816. The van der Waals surface area contributed by atoms with Crippen molar-refractivity contribution in [1.29, 1.82) is 0 Å². The normalized spacial score (nSPS) is 21.1. The first-order chi connectivity index (χ1) is 12.7. The highest BCUT2D eigenvalue weighted by atomic mass is 16.2. The van der Waals surface area contributed by atoms with Crippen molar-refractivity contribution < 1.29 is 9.59 Å². The maximum absolute atomic E-state index is 12.8. The molecule has 1 aromatic heterocycles. The Labute approximate surface area is 153 Å². The number of carbonyl (C=O) groups is 2. The Morgan fingerprint density at radius 3 is 2.35 bits per heavy atom. The van der Waals surface area contributed by atoms with Crippen molar-refractivity contribution in [3.8, 4) is 0 Å². The number of nitrogens with one attached hydrogen (secondary N) is 2. The lowest BCUT2D eigenvalue weighted by Crippen LogP contribution is -2.49. The fourth-order valence-electron chi connectivity index (χ4n) is 3.85. The van der Waals surface area contributed by atoms with Gasteiger partial charge in [0, 0.05) is 74.4 Å². The zero-order valence-electron chi connectivity index (χ0n) is 14.8. The van der Waals surface area contributed by atoms with E-state index in [0.29, 0.717) is 22.7 Å². The van der Waals surface area contributed by atoms with E-state index in [1.54, 1.807) is 42.7 Å². The second-order valence-electron chi connectivity index (χ2n) is 6.99. The van der Waals surface area contributed by atoms with Gasteiger partial charge in [-0.2, -0.15) is 0 Å². The van der Waals surface area contributed by atoms with Crippen LogP contribution in [0.4, 0.5) is 0 Å². The summed E-state index contributed by atoms with van der Waals surface area (Å²) in [5.41, 5.74) is 1.88. The number of carbonyl (C=O) groups excluding carboxylic acids is 2. The Morgan fingerprint density at radius 2 is 1.65 bits per heavy atom. The van der Waals surface area contributed by atoms with Crippen molar-refractivity contribution in [2.75, 3.05) is 39.3 Å². The van der Waals surface area contributed by atoms with E-state index in [4.69, 9.17) is 0 Å². The van der Waals surface area contributed by atoms with Crippen molar-refractivity contribution >= 4 is 11.7 Å². The summed E-state index contributed by atoms with van der Waals surface area (Å²) >= 11 is 0. The zero-order valence-corrected chi connectivity index (χ0v) is 14.8. The van der Waals surface area contributed by atoms with E-state index >= 15 is 0 Å². The number of piperazine rings is 1. The maximum Gasteiger partial charge on any atom is 0.253 e. The summed E-state index contributed by atoms with van der Waals surface area (Å²) in [5.74, 6) is 0.0217. The highest BCUT2D eigenvalue weighted by Gasteiger charge is 2.31. The van der Waals surface area contributed by atoms with Gasteiger partial charge in [-0.3, -0.25) is 14.5 Å². The molecule has 3 heterocycles. The smallest absolute Gasteiger partial charge is 0.253 e. The molecule has 1 atom stereocenters. The van der Waals surface area contributed by atoms with Crippen LogP contribution in [0.5, 0.6) is 0 Å². The molecule has 0 bridgehead atoms. The van der Waals surface area contributed by atoms with Gasteiger partial charge in [0.05, 0.1) is 0 Å². The monoisotopic (exact) mass is 352 g/mol. The number of aromatic amines is 1. The van der Waals surface area contributed by atoms with Crippen LogP contribution in [0, 0.1) is 0 Å². The predicted molar refractivity (Wildman–Crippen MR) is 99.4 cm³/mol. The van der Waals surface area contributed by atoms with Crippen LogP contribution in [-0.4, -0.2) is 71.8 Å². The molecule has 2 N–H and O–H groups in total. The highest BCUT2D eigenvalue weighted by molar-refractivity contribution is 6.09. The van der Waals surface area contributed by atoms with E-state index in [2.05, 4.69) is 15.2 Å². The average molecular weight is 352 g/mol. The molecule has 136 valence electrons. The second-order valence-corrected chi connectivity index (χ2v) is 6.99. The van der Waals surface area contributed by atoms with Crippen LogP contribution in [0.15, 0.2) is 42.7 Å². The number of hydrogen-bond acceptors (Lipinski definition) is 4. The van der Waals surface area contributed by atoms with Crippen LogP contribution < -0.4 is 5.32 Å². The lowest BCUT2D eigenvalue weighted by Gasteiger charge is -2.32. The molecule has 0 aliphatic carbocycles. The van der Waals surface area contributed by atoms with E-state index in [1.165, 1.54) is 0 Å². The molecule has 2 fully saturated rings. The van der Waals surface area contributed by atoms with Crippen LogP contribution in [0.1, 0.15) is 32.7 Å². The Hall–Kier alpha value is -2.44. The first-order valence-electron chi connectivity index (χ1n) is 9.24. The molecular weight excluding hydrogens is 328 g/mol. The lowest BCUT2D eigenvalue weighted by atomic mass is 10.0. The van der Waals surface area contributed by atoms with Crippen molar-refractivity contribution in [3.63, 3.8) is 0 Å². The Bertz CT molecular complexity index is 764. The van der Waals surface area contributed by atoms with E-state index in [-0.39, 0.29) is 11.7 Å². The molecule has 26 heavy (non-hydrogen) atoms. The average Bonchev–Trinajstić information content (AvgIpc) is 3.40. The van der Waals surface area contributed by atoms with Crippen molar-refractivity contribution in [1.82, 2.24) is 20.1 Å². The first-order valence-corrected chi connectivity index (χ1v) is 9.24. The molecule has 2 saturated heterocycles. The van der Waals surface area contributed by atoms with Crippen molar-refractivity contribution in [3.05, 3.63) is 59.4 Å². The van der Waals surface area contributed by atoms with Gasteiger partial charge in [-0.1, -0.05) is 12.1 Å².